The molecule has 0 bridgehead atoms. The quantitative estimate of drug-likeness (QED) is 0.328. The fourth-order valence-electron chi connectivity index (χ4n) is 0.144. The van der Waals surface area contributed by atoms with Crippen LogP contribution in [0.3, 0.4) is 0 Å². The molecule has 0 radical (unpaired) electrons. The van der Waals surface area contributed by atoms with Gasteiger partial charge < -0.3 is 2.85 Å². The van der Waals surface area contributed by atoms with Crippen LogP contribution in [0.15, 0.2) is 0 Å². The summed E-state index contributed by atoms with van der Waals surface area (Å²) in [5.41, 5.74) is 0. The SMILES string of the molecule is CCCO[PH+]=O.[H-].[H-].[Mg+2]. The zero-order valence-corrected chi connectivity index (χ0v) is 6.85. The fourth-order valence-corrected chi connectivity index (χ4v) is 0.431. The van der Waals surface area contributed by atoms with Crippen molar-refractivity contribution in [3.63, 3.8) is 0 Å². The van der Waals surface area contributed by atoms with E-state index in [1.54, 1.807) is 0 Å². The van der Waals surface area contributed by atoms with E-state index in [0.717, 1.165) is 6.42 Å². The van der Waals surface area contributed by atoms with E-state index < -0.39 is 8.69 Å². The van der Waals surface area contributed by atoms with E-state index in [4.69, 9.17) is 0 Å². The van der Waals surface area contributed by atoms with E-state index in [2.05, 4.69) is 4.52 Å². The van der Waals surface area contributed by atoms with Crippen LogP contribution in [0.2, 0.25) is 0 Å². The van der Waals surface area contributed by atoms with Gasteiger partial charge in [0, 0.05) is 0 Å². The van der Waals surface area contributed by atoms with Crippen molar-refractivity contribution in [2.24, 2.45) is 0 Å². The van der Waals surface area contributed by atoms with Crippen LogP contribution in [0, 0.1) is 0 Å². The minimum Gasteiger partial charge on any atom is -1.00 e. The molecule has 40 valence electrons. The van der Waals surface area contributed by atoms with Crippen molar-refractivity contribution in [3.05, 3.63) is 0 Å². The van der Waals surface area contributed by atoms with Crippen molar-refractivity contribution in [2.75, 3.05) is 6.61 Å². The Kier molecular flexibility index (Phi) is 15.3. The third kappa shape index (κ3) is 10.9. The summed E-state index contributed by atoms with van der Waals surface area (Å²) < 4.78 is 13.9. The van der Waals surface area contributed by atoms with Crippen LogP contribution in [0.25, 0.3) is 0 Å². The van der Waals surface area contributed by atoms with Crippen LogP contribution in [-0.2, 0) is 9.09 Å². The molecule has 0 heterocycles. The van der Waals surface area contributed by atoms with Gasteiger partial charge >= 0.3 is 31.7 Å². The van der Waals surface area contributed by atoms with Gasteiger partial charge in [0.05, 0.1) is 0 Å². The summed E-state index contributed by atoms with van der Waals surface area (Å²) in [6.07, 6.45) is 0.940. The van der Waals surface area contributed by atoms with Gasteiger partial charge in [-0.15, -0.1) is 4.52 Å². The Morgan fingerprint density at radius 1 is 1.86 bits per heavy atom. The maximum Gasteiger partial charge on any atom is 2.00 e. The maximum absolute atomic E-state index is 9.49. The number of hydrogen-bond donors (Lipinski definition) is 0. The standard InChI is InChI=1S/C3H8O2P.Mg.2H/c1-2-3-5-6-4;;;/h6H,2-3H2,1H3;;;/q+1;+2;2*-1. The van der Waals surface area contributed by atoms with Gasteiger partial charge in [0.15, 0.2) is 0 Å². The van der Waals surface area contributed by atoms with Gasteiger partial charge in [-0.2, -0.15) is 0 Å². The Balaban J connectivity index is -0.0000000417. The second-order valence-corrected chi connectivity index (χ2v) is 1.39. The molecule has 0 rings (SSSR count). The van der Waals surface area contributed by atoms with Crippen LogP contribution in [0.1, 0.15) is 16.2 Å². The first-order chi connectivity index (χ1) is 2.91. The normalized spacial score (nSPS) is 8.14. The van der Waals surface area contributed by atoms with Crippen molar-refractivity contribution in [2.45, 2.75) is 13.3 Å². The van der Waals surface area contributed by atoms with Crippen LogP contribution in [-0.4, -0.2) is 29.7 Å². The first-order valence-electron chi connectivity index (χ1n) is 1.90. The smallest absolute Gasteiger partial charge is 1.00 e. The summed E-state index contributed by atoms with van der Waals surface area (Å²) in [6.45, 7) is 2.59. The molecule has 4 heteroatoms. The Labute approximate surface area is 64.0 Å². The molecule has 0 aliphatic carbocycles. The van der Waals surface area contributed by atoms with Crippen molar-refractivity contribution in [1.29, 1.82) is 0 Å². The second-order valence-electron chi connectivity index (χ2n) is 0.932. The van der Waals surface area contributed by atoms with Gasteiger partial charge in [-0.3, -0.25) is 0 Å². The summed E-state index contributed by atoms with van der Waals surface area (Å²) in [6, 6.07) is 0. The van der Waals surface area contributed by atoms with Crippen LogP contribution in [0.4, 0.5) is 0 Å². The van der Waals surface area contributed by atoms with Gasteiger partial charge in [0.25, 0.3) is 0 Å². The summed E-state index contributed by atoms with van der Waals surface area (Å²) >= 11 is 0. The van der Waals surface area contributed by atoms with E-state index in [1.807, 2.05) is 6.92 Å². The minimum absolute atomic E-state index is 0. The first-order valence-corrected chi connectivity index (χ1v) is 2.72. The van der Waals surface area contributed by atoms with Crippen molar-refractivity contribution in [3.8, 4) is 0 Å². The zero-order valence-electron chi connectivity index (χ0n) is 6.44. The predicted molar refractivity (Wildman–Crippen MR) is 33.2 cm³/mol. The van der Waals surface area contributed by atoms with Gasteiger partial charge in [0.1, 0.15) is 6.61 Å². The first kappa shape index (κ1) is 10.7. The third-order valence-corrected chi connectivity index (χ3v) is 0.687. The van der Waals surface area contributed by atoms with E-state index in [-0.39, 0.29) is 25.9 Å². The van der Waals surface area contributed by atoms with E-state index in [0.29, 0.717) is 6.61 Å². The minimum atomic E-state index is -0.585. The predicted octanol–water partition coefficient (Wildman–Crippen LogP) is 1.20. The van der Waals surface area contributed by atoms with E-state index in [1.165, 1.54) is 0 Å². The fraction of sp³-hybridized carbons (Fsp3) is 1.00. The number of rotatable bonds is 3. The van der Waals surface area contributed by atoms with E-state index >= 15 is 0 Å². The van der Waals surface area contributed by atoms with E-state index in [9.17, 15) is 4.57 Å². The van der Waals surface area contributed by atoms with Gasteiger partial charge in [0.2, 0.25) is 0 Å². The molecule has 0 aromatic carbocycles. The van der Waals surface area contributed by atoms with Gasteiger partial charge in [-0.05, 0) is 11.0 Å². The molecular formula is C3H10MgO2P+. The van der Waals surface area contributed by atoms with Crippen LogP contribution >= 0.6 is 8.69 Å². The molecule has 0 amide bonds. The molecule has 2 nitrogen and oxygen atoms in total. The summed E-state index contributed by atoms with van der Waals surface area (Å²) in [5, 5.41) is 0. The summed E-state index contributed by atoms with van der Waals surface area (Å²) in [4.78, 5) is 0. The molecule has 0 fully saturated rings. The molecule has 0 aromatic rings. The van der Waals surface area contributed by atoms with Crippen molar-refractivity contribution < 1.29 is 11.9 Å². The second kappa shape index (κ2) is 9.95. The molecule has 0 spiro atoms. The van der Waals surface area contributed by atoms with Crippen molar-refractivity contribution >= 4 is 31.7 Å². The van der Waals surface area contributed by atoms with Gasteiger partial charge in [-0.25, -0.2) is 0 Å². The Morgan fingerprint density at radius 2 is 2.43 bits per heavy atom. The van der Waals surface area contributed by atoms with Crippen molar-refractivity contribution in [1.82, 2.24) is 0 Å². The average molecular weight is 133 g/mol. The molecule has 0 aromatic heterocycles. The monoisotopic (exact) mass is 133 g/mol. The molecule has 0 saturated heterocycles. The van der Waals surface area contributed by atoms with Crippen LogP contribution in [0.5, 0.6) is 0 Å². The van der Waals surface area contributed by atoms with Crippen LogP contribution < -0.4 is 0 Å². The van der Waals surface area contributed by atoms with Gasteiger partial charge in [-0.1, -0.05) is 6.92 Å². The molecule has 7 heavy (non-hydrogen) atoms. The summed E-state index contributed by atoms with van der Waals surface area (Å²) in [5.74, 6) is 0. The molecule has 1 atom stereocenters. The molecule has 0 saturated carbocycles. The molecule has 0 aliphatic rings. The molecular weight excluding hydrogens is 123 g/mol. The summed E-state index contributed by atoms with van der Waals surface area (Å²) in [7, 11) is -0.585. The Morgan fingerprint density at radius 3 is 2.57 bits per heavy atom. The Bertz CT molecular complexity index is 48.8. The average Bonchev–Trinajstić information content (AvgIpc) is 1.61. The molecule has 0 N–H and O–H groups in total. The topological polar surface area (TPSA) is 26.3 Å². The Hall–Kier alpha value is 0.826. The largest absolute Gasteiger partial charge is 2.00 e. The molecule has 0 aliphatic heterocycles. The maximum atomic E-state index is 9.49. The zero-order chi connectivity index (χ0) is 4.83. The third-order valence-electron chi connectivity index (χ3n) is 0.365. The number of hydrogen-bond acceptors (Lipinski definition) is 2. The molecule has 1 unspecified atom stereocenters.